The molecule has 0 radical (unpaired) electrons. The summed E-state index contributed by atoms with van der Waals surface area (Å²) < 4.78 is 0. The lowest BCUT2D eigenvalue weighted by Crippen LogP contribution is -2.45. The van der Waals surface area contributed by atoms with Crippen LogP contribution in [0.15, 0.2) is 65.1 Å². The van der Waals surface area contributed by atoms with Gasteiger partial charge in [-0.2, -0.15) is 5.10 Å². The van der Waals surface area contributed by atoms with Gasteiger partial charge in [-0.25, -0.2) is 4.98 Å². The van der Waals surface area contributed by atoms with Crippen LogP contribution in [0.1, 0.15) is 18.1 Å². The smallest absolute Gasteiger partial charge is 0.203 e. The standard InChI is InChI=1S/C23H27N5S/c1-2-27-12-14-28(15-13-27)17-20-10-8-19(9-11-20)16-24-26-23-25-22(18-29-23)21-6-4-3-5-7-21/h3-11,16,18H,2,12-15,17H2,1H3,(H,25,26). The van der Waals surface area contributed by atoms with Gasteiger partial charge in [0.1, 0.15) is 0 Å². The molecule has 150 valence electrons. The van der Waals surface area contributed by atoms with Crippen LogP contribution in [0.3, 0.4) is 0 Å². The van der Waals surface area contributed by atoms with Crippen molar-refractivity contribution < 1.29 is 0 Å². The molecule has 6 heteroatoms. The normalized spacial score (nSPS) is 15.8. The van der Waals surface area contributed by atoms with Crippen molar-refractivity contribution >= 4 is 22.7 Å². The highest BCUT2D eigenvalue weighted by atomic mass is 32.1. The molecule has 0 spiro atoms. The first-order valence-electron chi connectivity index (χ1n) is 10.1. The highest BCUT2D eigenvalue weighted by Gasteiger charge is 2.15. The Morgan fingerprint density at radius 2 is 1.72 bits per heavy atom. The SMILES string of the molecule is CCN1CCN(Cc2ccc(C=NNc3nc(-c4ccccc4)cs3)cc2)CC1. The lowest BCUT2D eigenvalue weighted by atomic mass is 10.1. The summed E-state index contributed by atoms with van der Waals surface area (Å²) >= 11 is 1.56. The molecular formula is C23H27N5S. The van der Waals surface area contributed by atoms with E-state index < -0.39 is 0 Å². The number of hydrogen-bond donors (Lipinski definition) is 1. The number of nitrogens with one attached hydrogen (secondary N) is 1. The fourth-order valence-electron chi connectivity index (χ4n) is 3.46. The first-order chi connectivity index (χ1) is 14.3. The van der Waals surface area contributed by atoms with Gasteiger partial charge in [0.2, 0.25) is 5.13 Å². The maximum absolute atomic E-state index is 4.59. The molecule has 0 aliphatic carbocycles. The van der Waals surface area contributed by atoms with Crippen molar-refractivity contribution in [2.24, 2.45) is 5.10 Å². The van der Waals surface area contributed by atoms with Gasteiger partial charge in [0.15, 0.2) is 0 Å². The van der Waals surface area contributed by atoms with Crippen molar-refractivity contribution in [1.82, 2.24) is 14.8 Å². The van der Waals surface area contributed by atoms with E-state index in [2.05, 4.69) is 68.6 Å². The molecule has 3 aromatic rings. The summed E-state index contributed by atoms with van der Waals surface area (Å²) in [7, 11) is 0. The second-order valence-corrected chi connectivity index (χ2v) is 8.08. The number of benzene rings is 2. The number of likely N-dealkylation sites (N-methyl/N-ethyl adjacent to an activating group) is 1. The minimum Gasteiger partial charge on any atom is -0.301 e. The third-order valence-electron chi connectivity index (χ3n) is 5.25. The molecule has 1 aliphatic heterocycles. The van der Waals surface area contributed by atoms with Crippen LogP contribution in [0.4, 0.5) is 5.13 Å². The Hall–Kier alpha value is -2.54. The molecule has 0 atom stereocenters. The Morgan fingerprint density at radius 1 is 1.00 bits per heavy atom. The molecule has 0 unspecified atom stereocenters. The molecule has 29 heavy (non-hydrogen) atoms. The number of rotatable bonds is 7. The highest BCUT2D eigenvalue weighted by Crippen LogP contribution is 2.24. The van der Waals surface area contributed by atoms with Gasteiger partial charge in [0, 0.05) is 43.7 Å². The summed E-state index contributed by atoms with van der Waals surface area (Å²) in [6.45, 7) is 9.07. The zero-order valence-electron chi connectivity index (χ0n) is 16.8. The van der Waals surface area contributed by atoms with Crippen molar-refractivity contribution in [3.8, 4) is 11.3 Å². The second kappa shape index (κ2) is 9.78. The van der Waals surface area contributed by atoms with Crippen molar-refractivity contribution in [2.45, 2.75) is 13.5 Å². The van der Waals surface area contributed by atoms with Gasteiger partial charge in [0.05, 0.1) is 11.9 Å². The minimum absolute atomic E-state index is 0.794. The van der Waals surface area contributed by atoms with Gasteiger partial charge in [-0.15, -0.1) is 11.3 Å². The maximum Gasteiger partial charge on any atom is 0.203 e. The zero-order valence-corrected chi connectivity index (χ0v) is 17.6. The number of anilines is 1. The van der Waals surface area contributed by atoms with Crippen LogP contribution in [0.2, 0.25) is 0 Å². The van der Waals surface area contributed by atoms with E-state index in [1.54, 1.807) is 11.3 Å². The Morgan fingerprint density at radius 3 is 2.45 bits per heavy atom. The summed E-state index contributed by atoms with van der Waals surface area (Å²) in [4.78, 5) is 9.63. The molecule has 1 N–H and O–H groups in total. The van der Waals surface area contributed by atoms with Gasteiger partial charge >= 0.3 is 0 Å². The summed E-state index contributed by atoms with van der Waals surface area (Å²) in [5.74, 6) is 0. The predicted molar refractivity (Wildman–Crippen MR) is 123 cm³/mol. The molecule has 1 saturated heterocycles. The maximum atomic E-state index is 4.59. The predicted octanol–water partition coefficient (Wildman–Crippen LogP) is 4.39. The largest absolute Gasteiger partial charge is 0.301 e. The number of hydrogen-bond acceptors (Lipinski definition) is 6. The monoisotopic (exact) mass is 405 g/mol. The number of nitrogens with zero attached hydrogens (tertiary/aromatic N) is 4. The molecule has 5 nitrogen and oxygen atoms in total. The molecule has 0 amide bonds. The van der Waals surface area contributed by atoms with E-state index in [1.165, 1.54) is 18.7 Å². The van der Waals surface area contributed by atoms with Crippen LogP contribution in [0.25, 0.3) is 11.3 Å². The van der Waals surface area contributed by atoms with E-state index in [1.807, 2.05) is 29.8 Å². The van der Waals surface area contributed by atoms with Crippen LogP contribution < -0.4 is 5.43 Å². The highest BCUT2D eigenvalue weighted by molar-refractivity contribution is 7.14. The summed E-state index contributed by atoms with van der Waals surface area (Å²) in [5, 5.41) is 7.18. The zero-order chi connectivity index (χ0) is 19.9. The Kier molecular flexibility index (Phi) is 6.67. The van der Waals surface area contributed by atoms with Gasteiger partial charge in [-0.05, 0) is 17.7 Å². The van der Waals surface area contributed by atoms with Crippen molar-refractivity contribution in [1.29, 1.82) is 0 Å². The Bertz CT molecular complexity index is 912. The van der Waals surface area contributed by atoms with E-state index >= 15 is 0 Å². The fraction of sp³-hybridized carbons (Fsp3) is 0.304. The Labute approximate surface area is 176 Å². The van der Waals surface area contributed by atoms with Crippen molar-refractivity contribution in [2.75, 3.05) is 38.1 Å². The van der Waals surface area contributed by atoms with Crippen LogP contribution in [-0.4, -0.2) is 53.7 Å². The minimum atomic E-state index is 0.794. The van der Waals surface area contributed by atoms with Crippen LogP contribution in [0.5, 0.6) is 0 Å². The molecule has 1 aromatic heterocycles. The molecule has 2 heterocycles. The third-order valence-corrected chi connectivity index (χ3v) is 5.99. The molecule has 2 aromatic carbocycles. The van der Waals surface area contributed by atoms with Gasteiger partial charge in [-0.1, -0.05) is 61.5 Å². The fourth-order valence-corrected chi connectivity index (χ4v) is 4.13. The van der Waals surface area contributed by atoms with Gasteiger partial charge in [-0.3, -0.25) is 10.3 Å². The van der Waals surface area contributed by atoms with E-state index in [9.17, 15) is 0 Å². The number of aromatic nitrogens is 1. The number of hydrazone groups is 1. The third kappa shape index (κ3) is 5.50. The van der Waals surface area contributed by atoms with E-state index in [0.29, 0.717) is 0 Å². The van der Waals surface area contributed by atoms with Gasteiger partial charge < -0.3 is 4.90 Å². The van der Waals surface area contributed by atoms with Crippen LogP contribution >= 0.6 is 11.3 Å². The van der Waals surface area contributed by atoms with Crippen molar-refractivity contribution in [3.63, 3.8) is 0 Å². The average molecular weight is 406 g/mol. The molecule has 1 fully saturated rings. The van der Waals surface area contributed by atoms with E-state index in [0.717, 1.165) is 48.1 Å². The van der Waals surface area contributed by atoms with Gasteiger partial charge in [0.25, 0.3) is 0 Å². The molecule has 0 saturated carbocycles. The second-order valence-electron chi connectivity index (χ2n) is 7.23. The van der Waals surface area contributed by atoms with E-state index in [4.69, 9.17) is 0 Å². The molecule has 0 bridgehead atoms. The number of thiazole rings is 1. The van der Waals surface area contributed by atoms with Crippen LogP contribution in [0, 0.1) is 0 Å². The lowest BCUT2D eigenvalue weighted by Gasteiger charge is -2.34. The average Bonchev–Trinajstić information content (AvgIpc) is 3.25. The first-order valence-corrected chi connectivity index (χ1v) is 11.0. The van der Waals surface area contributed by atoms with Crippen LogP contribution in [-0.2, 0) is 6.54 Å². The van der Waals surface area contributed by atoms with Crippen molar-refractivity contribution in [3.05, 3.63) is 71.1 Å². The number of piperazine rings is 1. The lowest BCUT2D eigenvalue weighted by molar-refractivity contribution is 0.132. The molecule has 1 aliphatic rings. The topological polar surface area (TPSA) is 43.8 Å². The molecule has 4 rings (SSSR count). The van der Waals surface area contributed by atoms with E-state index in [-0.39, 0.29) is 0 Å². The Balaban J connectivity index is 1.28. The summed E-state index contributed by atoms with van der Waals surface area (Å²) in [5.41, 5.74) is 7.56. The quantitative estimate of drug-likeness (QED) is 0.468. The molecular weight excluding hydrogens is 378 g/mol. The summed E-state index contributed by atoms with van der Waals surface area (Å²) in [6, 6.07) is 18.8. The first kappa shape index (κ1) is 19.8. The summed E-state index contributed by atoms with van der Waals surface area (Å²) in [6.07, 6.45) is 1.84.